The molecule has 2 aliphatic heterocycles. The summed E-state index contributed by atoms with van der Waals surface area (Å²) in [7, 11) is -0.835. The Bertz CT molecular complexity index is 1700. The summed E-state index contributed by atoms with van der Waals surface area (Å²) in [4.78, 5) is 42.7. The van der Waals surface area contributed by atoms with Crippen molar-refractivity contribution in [2.45, 2.75) is 44.9 Å². The molecule has 1 N–H and O–H groups in total. The lowest BCUT2D eigenvalue weighted by Gasteiger charge is -2.47. The summed E-state index contributed by atoms with van der Waals surface area (Å²) < 4.78 is 41.3. The Balaban J connectivity index is 1.88. The van der Waals surface area contributed by atoms with E-state index >= 15 is 0 Å². The fraction of sp³-hybridized carbons (Fsp3) is 0.367. The number of hydrogen-bond acceptors (Lipinski definition) is 10. The third kappa shape index (κ3) is 4.26. The number of nitrogens with one attached hydrogen (secondary N) is 1. The summed E-state index contributed by atoms with van der Waals surface area (Å²) in [6, 6.07) is 9.02. The van der Waals surface area contributed by atoms with Crippen molar-refractivity contribution in [1.29, 1.82) is 0 Å². The first-order valence-corrected chi connectivity index (χ1v) is 14.9. The van der Waals surface area contributed by atoms with Crippen molar-refractivity contribution in [2.24, 2.45) is 0 Å². The fourth-order valence-corrected chi connectivity index (χ4v) is 7.44. The second-order valence-corrected chi connectivity index (χ2v) is 12.9. The molecule has 1 aromatic heterocycles. The van der Waals surface area contributed by atoms with E-state index in [1.165, 1.54) is 0 Å². The van der Waals surface area contributed by atoms with Gasteiger partial charge in [-0.3, -0.25) is 18.9 Å². The molecule has 0 radical (unpaired) electrons. The highest BCUT2D eigenvalue weighted by atomic mass is 31.2. The largest absolute Gasteiger partial charge is 0.469 e. The van der Waals surface area contributed by atoms with Crippen molar-refractivity contribution in [3.05, 3.63) is 64.9 Å². The van der Waals surface area contributed by atoms with Crippen molar-refractivity contribution in [3.8, 4) is 5.75 Å². The van der Waals surface area contributed by atoms with E-state index in [9.17, 15) is 18.9 Å². The monoisotopic (exact) mass is 596 g/mol. The van der Waals surface area contributed by atoms with Crippen LogP contribution in [-0.4, -0.2) is 56.3 Å². The number of furan rings is 1. The second-order valence-electron chi connectivity index (χ2n) is 10.5. The van der Waals surface area contributed by atoms with Crippen molar-refractivity contribution in [1.82, 2.24) is 4.90 Å². The van der Waals surface area contributed by atoms with Crippen LogP contribution in [0.15, 0.2) is 41.3 Å². The van der Waals surface area contributed by atoms with E-state index in [4.69, 9.17) is 22.9 Å². The van der Waals surface area contributed by atoms with Gasteiger partial charge in [0.15, 0.2) is 5.66 Å². The summed E-state index contributed by atoms with van der Waals surface area (Å²) in [5, 5.41) is 4.01. The number of esters is 2. The maximum Gasteiger partial charge on any atom is 0.345 e. The molecular formula is C30H33N2O9P. The predicted octanol–water partition coefficient (Wildman–Crippen LogP) is 5.56. The number of carbonyl (C=O) groups is 3. The number of nitrogens with zero attached hydrogens (tertiary/aromatic N) is 1. The summed E-state index contributed by atoms with van der Waals surface area (Å²) in [6.07, 6.45) is 0. The third-order valence-electron chi connectivity index (χ3n) is 8.00. The molecule has 42 heavy (non-hydrogen) atoms. The van der Waals surface area contributed by atoms with E-state index in [2.05, 4.69) is 11.9 Å². The van der Waals surface area contributed by atoms with Gasteiger partial charge in [-0.25, -0.2) is 0 Å². The van der Waals surface area contributed by atoms with Crippen LogP contribution in [0.4, 0.5) is 5.69 Å². The summed E-state index contributed by atoms with van der Waals surface area (Å²) in [5.41, 5.74) is 0.399. The number of aryl methyl sites for hydroxylation is 1. The number of benzene rings is 2. The van der Waals surface area contributed by atoms with Gasteiger partial charge >= 0.3 is 19.5 Å². The summed E-state index contributed by atoms with van der Waals surface area (Å²) >= 11 is 0. The van der Waals surface area contributed by atoms with Crippen molar-refractivity contribution in [2.75, 3.05) is 33.2 Å². The number of anilines is 1. The molecule has 3 aromatic rings. The van der Waals surface area contributed by atoms with Gasteiger partial charge in [0, 0.05) is 37.4 Å². The van der Waals surface area contributed by atoms with Crippen LogP contribution in [0.2, 0.25) is 0 Å². The maximum atomic E-state index is 13.9. The summed E-state index contributed by atoms with van der Waals surface area (Å²) in [6.45, 7) is 11.6. The Morgan fingerprint density at radius 1 is 1.17 bits per heavy atom. The lowest BCUT2D eigenvalue weighted by atomic mass is 9.84. The second kappa shape index (κ2) is 10.4. The van der Waals surface area contributed by atoms with Crippen LogP contribution >= 0.6 is 7.60 Å². The minimum atomic E-state index is -4.24. The highest BCUT2D eigenvalue weighted by molar-refractivity contribution is 7.55. The van der Waals surface area contributed by atoms with Gasteiger partial charge in [0.1, 0.15) is 28.7 Å². The molecule has 222 valence electrons. The average molecular weight is 597 g/mol. The van der Waals surface area contributed by atoms with Crippen LogP contribution in [0.1, 0.15) is 59.5 Å². The lowest BCUT2D eigenvalue weighted by Crippen LogP contribution is -2.56. The fourth-order valence-electron chi connectivity index (χ4n) is 5.89. The Kier molecular flexibility index (Phi) is 7.33. The van der Waals surface area contributed by atoms with Gasteiger partial charge in [-0.05, 0) is 57.5 Å². The van der Waals surface area contributed by atoms with Crippen LogP contribution < -0.4 is 10.1 Å². The van der Waals surface area contributed by atoms with E-state index in [0.717, 1.165) is 26.9 Å². The van der Waals surface area contributed by atoms with Gasteiger partial charge in [0.2, 0.25) is 0 Å². The van der Waals surface area contributed by atoms with Gasteiger partial charge in [0.05, 0.1) is 18.2 Å². The molecule has 11 nitrogen and oxygen atoms in total. The van der Waals surface area contributed by atoms with E-state index in [0.29, 0.717) is 40.1 Å². The molecule has 5 rings (SSSR count). The molecule has 3 atom stereocenters. The Labute approximate surface area is 243 Å². The van der Waals surface area contributed by atoms with Crippen molar-refractivity contribution < 1.29 is 41.9 Å². The number of methoxy groups -OCH3 is 1. The van der Waals surface area contributed by atoms with Crippen LogP contribution in [0, 0.1) is 6.92 Å². The first-order valence-electron chi connectivity index (χ1n) is 13.3. The number of hydrogen-bond donors (Lipinski definition) is 1. The first kappa shape index (κ1) is 29.6. The molecule has 2 aliphatic rings. The van der Waals surface area contributed by atoms with Gasteiger partial charge in [-0.2, -0.15) is 0 Å². The number of amides is 1. The highest BCUT2D eigenvalue weighted by Crippen LogP contribution is 2.61. The zero-order valence-electron chi connectivity index (χ0n) is 24.5. The molecule has 2 aromatic carbocycles. The van der Waals surface area contributed by atoms with E-state index < -0.39 is 36.8 Å². The average Bonchev–Trinajstić information content (AvgIpc) is 3.40. The zero-order valence-corrected chi connectivity index (χ0v) is 25.4. The highest BCUT2D eigenvalue weighted by Gasteiger charge is 2.57. The molecule has 0 aliphatic carbocycles. The minimum Gasteiger partial charge on any atom is -0.469 e. The molecule has 12 heteroatoms. The normalized spacial score (nSPS) is 21.8. The summed E-state index contributed by atoms with van der Waals surface area (Å²) in [5.74, 6) is -3.19. The molecule has 0 spiro atoms. The van der Waals surface area contributed by atoms with Gasteiger partial charge < -0.3 is 33.2 Å². The molecular weight excluding hydrogens is 563 g/mol. The smallest absolute Gasteiger partial charge is 0.345 e. The topological polar surface area (TPSA) is 134 Å². The number of carbonyl (C=O) groups excluding carboxylic acids is 3. The molecule has 1 amide bonds. The number of rotatable bonds is 7. The SMILES string of the molecule is C=C(C)c1cc2cc(C3(C)Nc4ccc(C)cc4C(=O)N3CC)c3c(c2o1)[C@H](C(=O)OC)[C@@H](P(=O)(OC)OC)C(=O)O3. The molecule has 0 fully saturated rings. The van der Waals surface area contributed by atoms with Crippen LogP contribution in [-0.2, 0) is 33.6 Å². The standard InChI is InChI=1S/C30H33N2O9P/c1-9-32-27(33)18-12-16(4)10-11-20(18)31-30(32,5)19-13-17-14-21(15(2)3)40-24(17)22-23(28(34)37-6)26(29(35)41-25(19)22)42(36,38-7)39-8/h10-14,23,26,31H,2,9H2,1,3-8H3/t23-,26+,30?/m0/s1. The van der Waals surface area contributed by atoms with Gasteiger partial charge in [-0.1, -0.05) is 18.2 Å². The Morgan fingerprint density at radius 3 is 2.45 bits per heavy atom. The molecule has 0 bridgehead atoms. The van der Waals surface area contributed by atoms with Gasteiger partial charge in [0.25, 0.3) is 5.91 Å². The Morgan fingerprint density at radius 2 is 1.86 bits per heavy atom. The quantitative estimate of drug-likeness (QED) is 0.210. The van der Waals surface area contributed by atoms with Crippen molar-refractivity contribution in [3.63, 3.8) is 0 Å². The predicted molar refractivity (Wildman–Crippen MR) is 156 cm³/mol. The number of allylic oxidation sites excluding steroid dienone is 1. The zero-order chi connectivity index (χ0) is 30.7. The number of fused-ring (bicyclic) bond motifs is 4. The van der Waals surface area contributed by atoms with Crippen molar-refractivity contribution >= 4 is 47.7 Å². The van der Waals surface area contributed by atoms with Crippen LogP contribution in [0.25, 0.3) is 16.5 Å². The molecule has 3 heterocycles. The third-order valence-corrected chi connectivity index (χ3v) is 10.2. The number of ether oxygens (including phenoxy) is 2. The van der Waals surface area contributed by atoms with Crippen LogP contribution in [0.3, 0.4) is 0 Å². The maximum absolute atomic E-state index is 13.9. The molecule has 0 saturated heterocycles. The van der Waals surface area contributed by atoms with E-state index in [1.54, 1.807) is 30.9 Å². The minimum absolute atomic E-state index is 0.0164. The molecule has 0 saturated carbocycles. The van der Waals surface area contributed by atoms with Gasteiger partial charge in [-0.15, -0.1) is 0 Å². The van der Waals surface area contributed by atoms with E-state index in [1.807, 2.05) is 32.0 Å². The molecule has 1 unspecified atom stereocenters. The van der Waals surface area contributed by atoms with E-state index in [-0.39, 0.29) is 22.8 Å². The van der Waals surface area contributed by atoms with Crippen LogP contribution in [0.5, 0.6) is 5.75 Å². The first-order chi connectivity index (χ1) is 19.8. The lowest BCUT2D eigenvalue weighted by molar-refractivity contribution is -0.148. The Hall–Kier alpha value is -3.92.